The largest absolute Gasteiger partial charge is 0.482 e. The molecule has 0 unspecified atom stereocenters. The van der Waals surface area contributed by atoms with Gasteiger partial charge >= 0.3 is 5.97 Å². The maximum atomic E-state index is 12.3. The molecular formula is C22H23NO4. The highest BCUT2D eigenvalue weighted by molar-refractivity contribution is 6.08. The fourth-order valence-corrected chi connectivity index (χ4v) is 2.95. The van der Waals surface area contributed by atoms with E-state index < -0.39 is 5.97 Å². The normalized spacial score (nSPS) is 11.0. The van der Waals surface area contributed by atoms with Crippen molar-refractivity contribution in [1.82, 2.24) is 4.98 Å². The summed E-state index contributed by atoms with van der Waals surface area (Å²) in [5.74, 6) is 0.128. The molecule has 0 amide bonds. The third kappa shape index (κ3) is 4.37. The van der Waals surface area contributed by atoms with Crippen LogP contribution in [0.2, 0.25) is 0 Å². The van der Waals surface area contributed by atoms with Crippen molar-refractivity contribution in [3.63, 3.8) is 0 Å². The number of hydrogen-bond donors (Lipinski definition) is 1. The fourth-order valence-electron chi connectivity index (χ4n) is 2.95. The van der Waals surface area contributed by atoms with Crippen molar-refractivity contribution in [2.75, 3.05) is 13.2 Å². The molecular weight excluding hydrogens is 342 g/mol. The first-order chi connectivity index (χ1) is 13.0. The number of carbonyl (C=O) groups is 2. The van der Waals surface area contributed by atoms with E-state index in [2.05, 4.69) is 18.8 Å². The Labute approximate surface area is 158 Å². The highest BCUT2D eigenvalue weighted by Crippen LogP contribution is 2.27. The molecule has 0 aliphatic rings. The van der Waals surface area contributed by atoms with Crippen molar-refractivity contribution in [1.29, 1.82) is 0 Å². The number of aromatic amines is 1. The van der Waals surface area contributed by atoms with Crippen molar-refractivity contribution in [2.24, 2.45) is 0 Å². The van der Waals surface area contributed by atoms with Gasteiger partial charge in [0.05, 0.1) is 0 Å². The molecule has 2 aromatic carbocycles. The number of rotatable bonds is 7. The molecule has 140 valence electrons. The minimum atomic E-state index is -0.570. The summed E-state index contributed by atoms with van der Waals surface area (Å²) in [5, 5.41) is 0.816. The molecule has 0 aliphatic carbocycles. The molecule has 0 atom stereocenters. The first-order valence-corrected chi connectivity index (χ1v) is 8.94. The number of esters is 1. The van der Waals surface area contributed by atoms with Gasteiger partial charge in [-0.15, -0.1) is 0 Å². The Bertz CT molecular complexity index is 971. The van der Waals surface area contributed by atoms with Crippen LogP contribution in [0.3, 0.4) is 0 Å². The summed E-state index contributed by atoms with van der Waals surface area (Å²) < 4.78 is 10.7. The number of H-pyrrole nitrogens is 1. The van der Waals surface area contributed by atoms with Crippen LogP contribution in [0.15, 0.2) is 48.7 Å². The zero-order valence-corrected chi connectivity index (χ0v) is 15.7. The summed E-state index contributed by atoms with van der Waals surface area (Å²) in [5.41, 5.74) is 3.47. The van der Waals surface area contributed by atoms with Crippen LogP contribution in [0.5, 0.6) is 5.75 Å². The van der Waals surface area contributed by atoms with Crippen LogP contribution in [0.25, 0.3) is 10.9 Å². The Morgan fingerprint density at radius 2 is 1.85 bits per heavy atom. The number of ether oxygens (including phenoxy) is 2. The van der Waals surface area contributed by atoms with E-state index in [0.29, 0.717) is 11.3 Å². The van der Waals surface area contributed by atoms with Gasteiger partial charge in [0, 0.05) is 22.7 Å². The molecule has 1 aromatic heterocycles. The summed E-state index contributed by atoms with van der Waals surface area (Å²) in [4.78, 5) is 27.4. The van der Waals surface area contributed by atoms with Crippen LogP contribution in [0.4, 0.5) is 0 Å². The number of Topliss-reactive ketones (excluding diaryl/α,β-unsaturated/α-hetero) is 1. The van der Waals surface area contributed by atoms with Gasteiger partial charge in [-0.2, -0.15) is 0 Å². The first-order valence-electron chi connectivity index (χ1n) is 8.94. The molecule has 1 heterocycles. The number of benzene rings is 2. The minimum absolute atomic E-state index is 0.232. The van der Waals surface area contributed by atoms with E-state index in [4.69, 9.17) is 9.47 Å². The molecule has 0 saturated heterocycles. The van der Waals surface area contributed by atoms with Gasteiger partial charge in [-0.3, -0.25) is 4.79 Å². The average Bonchev–Trinajstić information content (AvgIpc) is 3.08. The molecule has 0 fully saturated rings. The number of aryl methyl sites for hydroxylation is 1. The van der Waals surface area contributed by atoms with E-state index in [-0.39, 0.29) is 24.9 Å². The lowest BCUT2D eigenvalue weighted by molar-refractivity contribution is -0.144. The molecule has 5 nitrogen and oxygen atoms in total. The van der Waals surface area contributed by atoms with Crippen molar-refractivity contribution in [2.45, 2.75) is 26.7 Å². The van der Waals surface area contributed by atoms with Crippen LogP contribution in [0, 0.1) is 6.92 Å². The third-order valence-electron chi connectivity index (χ3n) is 4.39. The van der Waals surface area contributed by atoms with E-state index >= 15 is 0 Å². The smallest absolute Gasteiger partial charge is 0.344 e. The van der Waals surface area contributed by atoms with Gasteiger partial charge in [0.25, 0.3) is 0 Å². The van der Waals surface area contributed by atoms with Gasteiger partial charge in [0.2, 0.25) is 5.78 Å². The lowest BCUT2D eigenvalue weighted by Gasteiger charge is -2.14. The van der Waals surface area contributed by atoms with Gasteiger partial charge in [-0.25, -0.2) is 4.79 Å². The Hall–Kier alpha value is -3.08. The third-order valence-corrected chi connectivity index (χ3v) is 4.39. The maximum absolute atomic E-state index is 12.3. The van der Waals surface area contributed by atoms with Crippen LogP contribution >= 0.6 is 0 Å². The molecule has 0 bridgehead atoms. The quantitative estimate of drug-likeness (QED) is 0.498. The lowest BCUT2D eigenvalue weighted by Crippen LogP contribution is -2.19. The van der Waals surface area contributed by atoms with Crippen LogP contribution in [-0.4, -0.2) is 30.0 Å². The Morgan fingerprint density at radius 3 is 2.63 bits per heavy atom. The van der Waals surface area contributed by atoms with E-state index in [1.165, 1.54) is 0 Å². The number of aromatic nitrogens is 1. The van der Waals surface area contributed by atoms with Gasteiger partial charge in [-0.1, -0.05) is 44.2 Å². The second-order valence-corrected chi connectivity index (χ2v) is 6.82. The topological polar surface area (TPSA) is 68.4 Å². The van der Waals surface area contributed by atoms with E-state index in [9.17, 15) is 9.59 Å². The Balaban J connectivity index is 1.57. The molecule has 0 aliphatic heterocycles. The van der Waals surface area contributed by atoms with E-state index in [0.717, 1.165) is 22.0 Å². The van der Waals surface area contributed by atoms with Crippen molar-refractivity contribution in [3.8, 4) is 5.75 Å². The number of nitrogens with one attached hydrogen (secondary N) is 1. The summed E-state index contributed by atoms with van der Waals surface area (Å²) in [6.45, 7) is 5.56. The first kappa shape index (κ1) is 18.7. The van der Waals surface area contributed by atoms with Crippen molar-refractivity contribution < 1.29 is 19.1 Å². The standard InChI is InChI=1S/C22H23NO4/c1-14(2)16-9-8-15(3)10-21(16)26-13-22(25)27-12-20(24)18-11-23-19-7-5-4-6-17(18)19/h4-11,14,23H,12-13H2,1-3H3. The predicted molar refractivity (Wildman–Crippen MR) is 104 cm³/mol. The Kier molecular flexibility index (Phi) is 5.60. The van der Waals surface area contributed by atoms with E-state index in [1.807, 2.05) is 49.4 Å². The van der Waals surface area contributed by atoms with Crippen LogP contribution < -0.4 is 4.74 Å². The molecule has 0 spiro atoms. The van der Waals surface area contributed by atoms with Crippen molar-refractivity contribution in [3.05, 3.63) is 65.4 Å². The SMILES string of the molecule is Cc1ccc(C(C)C)c(OCC(=O)OCC(=O)c2c[nH]c3ccccc23)c1. The molecule has 5 heteroatoms. The summed E-state index contributed by atoms with van der Waals surface area (Å²) in [6.07, 6.45) is 1.64. The zero-order valence-electron chi connectivity index (χ0n) is 15.7. The summed E-state index contributed by atoms with van der Waals surface area (Å²) in [7, 11) is 0. The van der Waals surface area contributed by atoms with E-state index in [1.54, 1.807) is 6.20 Å². The van der Waals surface area contributed by atoms with Gasteiger partial charge in [-0.05, 0) is 36.1 Å². The molecule has 27 heavy (non-hydrogen) atoms. The molecule has 3 rings (SSSR count). The summed E-state index contributed by atoms with van der Waals surface area (Å²) in [6, 6.07) is 13.4. The van der Waals surface area contributed by atoms with Crippen LogP contribution in [0.1, 0.15) is 41.3 Å². The lowest BCUT2D eigenvalue weighted by atomic mass is 10.0. The van der Waals surface area contributed by atoms with Gasteiger partial charge < -0.3 is 14.5 Å². The minimum Gasteiger partial charge on any atom is -0.482 e. The number of hydrogen-bond acceptors (Lipinski definition) is 4. The molecule has 0 radical (unpaired) electrons. The van der Waals surface area contributed by atoms with Gasteiger partial charge in [0.1, 0.15) is 5.75 Å². The monoisotopic (exact) mass is 365 g/mol. The second kappa shape index (κ2) is 8.08. The number of carbonyl (C=O) groups excluding carboxylic acids is 2. The zero-order chi connectivity index (χ0) is 19.4. The summed E-state index contributed by atoms with van der Waals surface area (Å²) >= 11 is 0. The highest BCUT2D eigenvalue weighted by Gasteiger charge is 2.15. The number of para-hydroxylation sites is 1. The molecule has 0 saturated carbocycles. The van der Waals surface area contributed by atoms with Crippen LogP contribution in [-0.2, 0) is 9.53 Å². The molecule has 3 aromatic rings. The number of fused-ring (bicyclic) bond motifs is 1. The predicted octanol–water partition coefficient (Wildman–Crippen LogP) is 4.40. The van der Waals surface area contributed by atoms with Gasteiger partial charge in [0.15, 0.2) is 13.2 Å². The fraction of sp³-hybridized carbons (Fsp3) is 0.273. The average molecular weight is 365 g/mol. The maximum Gasteiger partial charge on any atom is 0.344 e. The second-order valence-electron chi connectivity index (χ2n) is 6.82. The highest BCUT2D eigenvalue weighted by atomic mass is 16.6. The van der Waals surface area contributed by atoms with Crippen molar-refractivity contribution >= 4 is 22.7 Å². The number of ketones is 1. The molecule has 1 N–H and O–H groups in total. The Morgan fingerprint density at radius 1 is 1.07 bits per heavy atom.